The third-order valence-corrected chi connectivity index (χ3v) is 4.42. The minimum absolute atomic E-state index is 0.0879. The number of nitrogens with zero attached hydrogens (tertiary/aromatic N) is 1. The Bertz CT molecular complexity index is 787. The summed E-state index contributed by atoms with van der Waals surface area (Å²) in [5.74, 6) is 1.12. The molecule has 0 unspecified atom stereocenters. The molecule has 0 aliphatic carbocycles. The molecule has 0 saturated heterocycles. The van der Waals surface area contributed by atoms with Gasteiger partial charge in [-0.1, -0.05) is 44.4 Å². The highest BCUT2D eigenvalue weighted by molar-refractivity contribution is 5.85. The van der Waals surface area contributed by atoms with E-state index < -0.39 is 0 Å². The quantitative estimate of drug-likeness (QED) is 0.345. The SMILES string of the molecule is CCCCCCOc1ccccc1/C=N\NC(=O)COc1ccc(C)c(C)c1. The number of hydrazone groups is 1. The van der Waals surface area contributed by atoms with E-state index in [9.17, 15) is 4.79 Å². The van der Waals surface area contributed by atoms with Crippen molar-refractivity contribution >= 4 is 12.1 Å². The number of nitrogens with one attached hydrogen (secondary N) is 1. The Kier molecular flexibility index (Phi) is 9.05. The van der Waals surface area contributed by atoms with Crippen LogP contribution in [0.3, 0.4) is 0 Å². The van der Waals surface area contributed by atoms with Crippen molar-refractivity contribution in [3.05, 3.63) is 59.2 Å². The molecule has 0 saturated carbocycles. The van der Waals surface area contributed by atoms with Crippen LogP contribution in [0.5, 0.6) is 11.5 Å². The molecular weight excluding hydrogens is 352 g/mol. The van der Waals surface area contributed by atoms with E-state index in [1.807, 2.05) is 56.3 Å². The topological polar surface area (TPSA) is 59.9 Å². The molecule has 1 amide bonds. The summed E-state index contributed by atoms with van der Waals surface area (Å²) in [6.45, 7) is 6.83. The second-order valence-corrected chi connectivity index (χ2v) is 6.77. The van der Waals surface area contributed by atoms with Crippen LogP contribution < -0.4 is 14.9 Å². The molecule has 5 heteroatoms. The van der Waals surface area contributed by atoms with E-state index in [4.69, 9.17) is 9.47 Å². The lowest BCUT2D eigenvalue weighted by molar-refractivity contribution is -0.123. The Morgan fingerprint density at radius 1 is 1.04 bits per heavy atom. The second-order valence-electron chi connectivity index (χ2n) is 6.77. The average Bonchev–Trinajstić information content (AvgIpc) is 2.70. The van der Waals surface area contributed by atoms with Crippen LogP contribution in [0.1, 0.15) is 49.3 Å². The molecule has 0 aromatic heterocycles. The molecular formula is C23H30N2O3. The third kappa shape index (κ3) is 7.43. The fourth-order valence-corrected chi connectivity index (χ4v) is 2.59. The molecule has 150 valence electrons. The van der Waals surface area contributed by atoms with Crippen LogP contribution >= 0.6 is 0 Å². The summed E-state index contributed by atoms with van der Waals surface area (Å²) in [4.78, 5) is 11.9. The van der Waals surface area contributed by atoms with Crippen LogP contribution in [0, 0.1) is 13.8 Å². The normalized spacial score (nSPS) is 10.8. The van der Waals surface area contributed by atoms with Gasteiger partial charge in [0.1, 0.15) is 11.5 Å². The van der Waals surface area contributed by atoms with Crippen molar-refractivity contribution < 1.29 is 14.3 Å². The highest BCUT2D eigenvalue weighted by Crippen LogP contribution is 2.17. The first-order chi connectivity index (χ1) is 13.6. The van der Waals surface area contributed by atoms with Crippen molar-refractivity contribution in [3.8, 4) is 11.5 Å². The van der Waals surface area contributed by atoms with E-state index in [2.05, 4.69) is 17.5 Å². The maximum absolute atomic E-state index is 11.9. The van der Waals surface area contributed by atoms with Crippen LogP contribution in [-0.2, 0) is 4.79 Å². The van der Waals surface area contributed by atoms with Crippen LogP contribution in [0.2, 0.25) is 0 Å². The minimum atomic E-state index is -0.313. The fraction of sp³-hybridized carbons (Fsp3) is 0.391. The molecule has 2 aromatic rings. The number of para-hydroxylation sites is 1. The van der Waals surface area contributed by atoms with Crippen LogP contribution in [-0.4, -0.2) is 25.3 Å². The van der Waals surface area contributed by atoms with Crippen LogP contribution in [0.4, 0.5) is 0 Å². The van der Waals surface area contributed by atoms with Gasteiger partial charge >= 0.3 is 0 Å². The lowest BCUT2D eigenvalue weighted by Crippen LogP contribution is -2.24. The van der Waals surface area contributed by atoms with Gasteiger partial charge in [-0.3, -0.25) is 4.79 Å². The first-order valence-corrected chi connectivity index (χ1v) is 9.84. The monoisotopic (exact) mass is 382 g/mol. The summed E-state index contributed by atoms with van der Waals surface area (Å²) in [6.07, 6.45) is 6.23. The predicted octanol–water partition coefficient (Wildman–Crippen LogP) is 4.79. The molecule has 0 aliphatic heterocycles. The van der Waals surface area contributed by atoms with Gasteiger partial charge in [-0.2, -0.15) is 5.10 Å². The lowest BCUT2D eigenvalue weighted by atomic mass is 10.1. The standard InChI is InChI=1S/C23H30N2O3/c1-4-5-6-9-14-27-22-11-8-7-10-20(22)16-24-25-23(26)17-28-21-13-12-18(2)19(3)15-21/h7-8,10-13,15-16H,4-6,9,14,17H2,1-3H3,(H,25,26)/b24-16-. The Labute approximate surface area is 167 Å². The Balaban J connectivity index is 1.79. The van der Waals surface area contributed by atoms with Gasteiger partial charge in [0, 0.05) is 5.56 Å². The molecule has 0 spiro atoms. The highest BCUT2D eigenvalue weighted by atomic mass is 16.5. The van der Waals surface area contributed by atoms with Gasteiger partial charge in [0.25, 0.3) is 5.91 Å². The number of carbonyl (C=O) groups excluding carboxylic acids is 1. The molecule has 5 nitrogen and oxygen atoms in total. The minimum Gasteiger partial charge on any atom is -0.493 e. The number of benzene rings is 2. The molecule has 28 heavy (non-hydrogen) atoms. The number of aryl methyl sites for hydroxylation is 2. The lowest BCUT2D eigenvalue weighted by Gasteiger charge is -2.09. The van der Waals surface area contributed by atoms with Crippen LogP contribution in [0.15, 0.2) is 47.6 Å². The highest BCUT2D eigenvalue weighted by Gasteiger charge is 2.04. The number of carbonyl (C=O) groups is 1. The van der Waals surface area contributed by atoms with Gasteiger partial charge in [-0.15, -0.1) is 0 Å². The summed E-state index contributed by atoms with van der Waals surface area (Å²) in [5.41, 5.74) is 5.63. The zero-order valence-electron chi connectivity index (χ0n) is 17.0. The Hall–Kier alpha value is -2.82. The van der Waals surface area contributed by atoms with Crippen molar-refractivity contribution in [1.82, 2.24) is 5.43 Å². The molecule has 1 N–H and O–H groups in total. The zero-order valence-corrected chi connectivity index (χ0v) is 17.0. The number of rotatable bonds is 11. The summed E-state index contributed by atoms with van der Waals surface area (Å²) in [7, 11) is 0. The summed E-state index contributed by atoms with van der Waals surface area (Å²) < 4.78 is 11.3. The summed E-state index contributed by atoms with van der Waals surface area (Å²) in [5, 5.41) is 4.02. The summed E-state index contributed by atoms with van der Waals surface area (Å²) >= 11 is 0. The van der Waals surface area contributed by atoms with Gasteiger partial charge in [0.2, 0.25) is 0 Å². The molecule has 0 radical (unpaired) electrons. The van der Waals surface area contributed by atoms with E-state index in [0.717, 1.165) is 23.3 Å². The van der Waals surface area contributed by atoms with Gasteiger partial charge in [0.15, 0.2) is 6.61 Å². The predicted molar refractivity (Wildman–Crippen MR) is 113 cm³/mol. The first kappa shape index (κ1) is 21.5. The number of amides is 1. The first-order valence-electron chi connectivity index (χ1n) is 9.84. The number of ether oxygens (including phenoxy) is 2. The van der Waals surface area contributed by atoms with Gasteiger partial charge in [0.05, 0.1) is 12.8 Å². The van der Waals surface area contributed by atoms with Gasteiger partial charge in [-0.25, -0.2) is 5.43 Å². The smallest absolute Gasteiger partial charge is 0.277 e. The molecule has 0 atom stereocenters. The van der Waals surface area contributed by atoms with E-state index in [1.165, 1.54) is 24.8 Å². The maximum Gasteiger partial charge on any atom is 0.277 e. The van der Waals surface area contributed by atoms with E-state index >= 15 is 0 Å². The largest absolute Gasteiger partial charge is 0.493 e. The number of hydrogen-bond donors (Lipinski definition) is 1. The molecule has 0 heterocycles. The Morgan fingerprint density at radius 3 is 2.64 bits per heavy atom. The van der Waals surface area contributed by atoms with Crippen molar-refractivity contribution in [3.63, 3.8) is 0 Å². The molecule has 0 fully saturated rings. The van der Waals surface area contributed by atoms with E-state index in [0.29, 0.717) is 12.4 Å². The zero-order chi connectivity index (χ0) is 20.2. The van der Waals surface area contributed by atoms with E-state index in [-0.39, 0.29) is 12.5 Å². The van der Waals surface area contributed by atoms with Crippen LogP contribution in [0.25, 0.3) is 0 Å². The third-order valence-electron chi connectivity index (χ3n) is 4.42. The van der Waals surface area contributed by atoms with Crippen molar-refractivity contribution in [2.45, 2.75) is 46.5 Å². The van der Waals surface area contributed by atoms with Crippen molar-refractivity contribution in [2.75, 3.05) is 13.2 Å². The number of hydrogen-bond acceptors (Lipinski definition) is 4. The van der Waals surface area contributed by atoms with Gasteiger partial charge in [-0.05, 0) is 55.7 Å². The Morgan fingerprint density at radius 2 is 1.86 bits per heavy atom. The molecule has 2 rings (SSSR count). The average molecular weight is 383 g/mol. The van der Waals surface area contributed by atoms with E-state index in [1.54, 1.807) is 6.21 Å². The summed E-state index contributed by atoms with van der Waals surface area (Å²) in [6, 6.07) is 13.4. The van der Waals surface area contributed by atoms with Gasteiger partial charge < -0.3 is 9.47 Å². The molecule has 0 aliphatic rings. The molecule has 0 bridgehead atoms. The van der Waals surface area contributed by atoms with Crippen molar-refractivity contribution in [1.29, 1.82) is 0 Å². The molecule has 2 aromatic carbocycles. The second kappa shape index (κ2) is 11.8. The van der Waals surface area contributed by atoms with Crippen molar-refractivity contribution in [2.24, 2.45) is 5.10 Å². The maximum atomic E-state index is 11.9. The number of unbranched alkanes of at least 4 members (excludes halogenated alkanes) is 3. The fourth-order valence-electron chi connectivity index (χ4n) is 2.59.